The van der Waals surface area contributed by atoms with Crippen LogP contribution in [0.2, 0.25) is 0 Å². The van der Waals surface area contributed by atoms with Crippen molar-refractivity contribution in [2.24, 2.45) is 5.92 Å². The Morgan fingerprint density at radius 2 is 2.35 bits per heavy atom. The van der Waals surface area contributed by atoms with E-state index < -0.39 is 0 Å². The van der Waals surface area contributed by atoms with E-state index in [0.29, 0.717) is 0 Å². The lowest BCUT2D eigenvalue weighted by Gasteiger charge is -2.21. The van der Waals surface area contributed by atoms with Gasteiger partial charge in [-0.15, -0.1) is 0 Å². The molecule has 17 heavy (non-hydrogen) atoms. The summed E-state index contributed by atoms with van der Waals surface area (Å²) in [6.07, 6.45) is 8.55. The van der Waals surface area contributed by atoms with E-state index in [4.69, 9.17) is 0 Å². The van der Waals surface area contributed by atoms with Gasteiger partial charge in [-0.25, -0.2) is 0 Å². The fourth-order valence-corrected chi connectivity index (χ4v) is 2.90. The van der Waals surface area contributed by atoms with Gasteiger partial charge in [0.05, 0.1) is 0 Å². The molecule has 1 saturated carbocycles. The predicted octanol–water partition coefficient (Wildman–Crippen LogP) is 2.75. The Kier molecular flexibility index (Phi) is 4.60. The van der Waals surface area contributed by atoms with Crippen LogP contribution in [0, 0.1) is 12.8 Å². The van der Waals surface area contributed by atoms with E-state index in [1.54, 1.807) is 0 Å². The Balaban J connectivity index is 1.80. The lowest BCUT2D eigenvalue weighted by molar-refractivity contribution is 0.353. The first kappa shape index (κ1) is 12.6. The third-order valence-electron chi connectivity index (χ3n) is 3.96. The fraction of sp³-hybridized carbons (Fsp3) is 0.786. The Morgan fingerprint density at radius 1 is 1.47 bits per heavy atom. The number of aromatic nitrogens is 2. The monoisotopic (exact) mass is 235 g/mol. The minimum atomic E-state index is 0.755. The number of nitrogens with zero attached hydrogens (tertiary/aromatic N) is 2. The standard InChI is InChI=1S/C14H25N3/c1-3-9-15-14-6-4-5-13(14)8-11-17-12(2)7-10-16-17/h7,10,13-15H,3-6,8-9,11H2,1-2H3. The Hall–Kier alpha value is -0.830. The number of hydrogen-bond donors (Lipinski definition) is 1. The van der Waals surface area contributed by atoms with Crippen molar-refractivity contribution >= 4 is 0 Å². The number of rotatable bonds is 6. The summed E-state index contributed by atoms with van der Waals surface area (Å²) < 4.78 is 2.13. The second kappa shape index (κ2) is 6.20. The third-order valence-corrected chi connectivity index (χ3v) is 3.96. The fourth-order valence-electron chi connectivity index (χ4n) is 2.90. The summed E-state index contributed by atoms with van der Waals surface area (Å²) in [4.78, 5) is 0. The van der Waals surface area contributed by atoms with Crippen molar-refractivity contribution in [3.63, 3.8) is 0 Å². The van der Waals surface area contributed by atoms with Gasteiger partial charge in [-0.2, -0.15) is 5.10 Å². The van der Waals surface area contributed by atoms with Crippen LogP contribution in [-0.2, 0) is 6.54 Å². The molecule has 0 saturated heterocycles. The van der Waals surface area contributed by atoms with Crippen LogP contribution in [0.5, 0.6) is 0 Å². The zero-order valence-electron chi connectivity index (χ0n) is 11.2. The number of aryl methyl sites for hydroxylation is 2. The molecule has 0 amide bonds. The molecule has 0 aromatic carbocycles. The van der Waals surface area contributed by atoms with E-state index in [2.05, 4.69) is 35.0 Å². The Morgan fingerprint density at radius 3 is 3.06 bits per heavy atom. The summed E-state index contributed by atoms with van der Waals surface area (Å²) in [5, 5.41) is 8.06. The summed E-state index contributed by atoms with van der Waals surface area (Å²) in [5.74, 6) is 0.852. The molecule has 2 atom stereocenters. The van der Waals surface area contributed by atoms with Crippen molar-refractivity contribution in [3.05, 3.63) is 18.0 Å². The highest BCUT2D eigenvalue weighted by Crippen LogP contribution is 2.28. The van der Waals surface area contributed by atoms with E-state index in [1.165, 1.54) is 44.3 Å². The molecular formula is C14H25N3. The van der Waals surface area contributed by atoms with Gasteiger partial charge in [0.2, 0.25) is 0 Å². The summed E-state index contributed by atoms with van der Waals surface area (Å²) in [6.45, 7) is 6.62. The molecule has 1 fully saturated rings. The van der Waals surface area contributed by atoms with Gasteiger partial charge < -0.3 is 5.32 Å². The summed E-state index contributed by atoms with van der Waals surface area (Å²) in [6, 6.07) is 2.84. The molecule has 0 bridgehead atoms. The van der Waals surface area contributed by atoms with Crippen molar-refractivity contribution < 1.29 is 0 Å². The minimum Gasteiger partial charge on any atom is -0.314 e. The largest absolute Gasteiger partial charge is 0.314 e. The average molecular weight is 235 g/mol. The van der Waals surface area contributed by atoms with Crippen LogP contribution in [0.3, 0.4) is 0 Å². The average Bonchev–Trinajstić information content (AvgIpc) is 2.93. The Bertz CT molecular complexity index is 332. The van der Waals surface area contributed by atoms with E-state index >= 15 is 0 Å². The van der Waals surface area contributed by atoms with Crippen molar-refractivity contribution in [1.29, 1.82) is 0 Å². The number of hydrogen-bond acceptors (Lipinski definition) is 2. The molecule has 3 heteroatoms. The van der Waals surface area contributed by atoms with Crippen molar-refractivity contribution in [2.75, 3.05) is 6.54 Å². The van der Waals surface area contributed by atoms with Crippen molar-refractivity contribution in [2.45, 2.75) is 58.5 Å². The zero-order chi connectivity index (χ0) is 12.1. The molecule has 1 aliphatic carbocycles. The second-order valence-corrected chi connectivity index (χ2v) is 5.24. The van der Waals surface area contributed by atoms with E-state index in [9.17, 15) is 0 Å². The molecule has 0 spiro atoms. The first-order valence-corrected chi connectivity index (χ1v) is 7.03. The van der Waals surface area contributed by atoms with Crippen LogP contribution in [-0.4, -0.2) is 22.4 Å². The predicted molar refractivity (Wildman–Crippen MR) is 71.0 cm³/mol. The molecule has 2 unspecified atom stereocenters. The highest BCUT2D eigenvalue weighted by atomic mass is 15.3. The first-order chi connectivity index (χ1) is 8.31. The lowest BCUT2D eigenvalue weighted by atomic mass is 9.99. The first-order valence-electron chi connectivity index (χ1n) is 7.03. The van der Waals surface area contributed by atoms with Gasteiger partial charge in [0.1, 0.15) is 0 Å². The topological polar surface area (TPSA) is 29.9 Å². The molecule has 2 rings (SSSR count). The molecule has 1 aromatic heterocycles. The SMILES string of the molecule is CCCNC1CCCC1CCn1nccc1C. The summed E-state index contributed by atoms with van der Waals surface area (Å²) in [7, 11) is 0. The van der Waals surface area contributed by atoms with Gasteiger partial charge in [-0.3, -0.25) is 4.68 Å². The quantitative estimate of drug-likeness (QED) is 0.821. The molecule has 0 radical (unpaired) electrons. The second-order valence-electron chi connectivity index (χ2n) is 5.24. The normalized spacial score (nSPS) is 24.4. The number of nitrogens with one attached hydrogen (secondary N) is 1. The van der Waals surface area contributed by atoms with Gasteiger partial charge in [0.25, 0.3) is 0 Å². The van der Waals surface area contributed by atoms with Crippen LogP contribution in [0.15, 0.2) is 12.3 Å². The molecule has 1 aromatic rings. The highest BCUT2D eigenvalue weighted by Gasteiger charge is 2.26. The maximum absolute atomic E-state index is 4.36. The maximum Gasteiger partial charge on any atom is 0.0492 e. The highest BCUT2D eigenvalue weighted by molar-refractivity contribution is 4.96. The lowest BCUT2D eigenvalue weighted by Crippen LogP contribution is -2.33. The van der Waals surface area contributed by atoms with Crippen LogP contribution < -0.4 is 5.32 Å². The zero-order valence-corrected chi connectivity index (χ0v) is 11.2. The summed E-state index contributed by atoms with van der Waals surface area (Å²) >= 11 is 0. The summed E-state index contributed by atoms with van der Waals surface area (Å²) in [5.41, 5.74) is 1.28. The van der Waals surface area contributed by atoms with Crippen molar-refractivity contribution in [1.82, 2.24) is 15.1 Å². The van der Waals surface area contributed by atoms with E-state index in [1.807, 2.05) is 6.20 Å². The van der Waals surface area contributed by atoms with Crippen LogP contribution in [0.25, 0.3) is 0 Å². The molecule has 1 heterocycles. The van der Waals surface area contributed by atoms with E-state index in [-0.39, 0.29) is 0 Å². The molecule has 1 N–H and O–H groups in total. The molecule has 1 aliphatic rings. The smallest absolute Gasteiger partial charge is 0.0492 e. The third kappa shape index (κ3) is 3.32. The van der Waals surface area contributed by atoms with Crippen LogP contribution >= 0.6 is 0 Å². The Labute approximate surface area is 105 Å². The minimum absolute atomic E-state index is 0.755. The van der Waals surface area contributed by atoms with Gasteiger partial charge in [-0.05, 0) is 51.1 Å². The van der Waals surface area contributed by atoms with Crippen molar-refractivity contribution in [3.8, 4) is 0 Å². The molecular weight excluding hydrogens is 210 g/mol. The van der Waals surface area contributed by atoms with Crippen LogP contribution in [0.4, 0.5) is 0 Å². The van der Waals surface area contributed by atoms with Gasteiger partial charge in [0, 0.05) is 24.5 Å². The van der Waals surface area contributed by atoms with Gasteiger partial charge in [0.15, 0.2) is 0 Å². The van der Waals surface area contributed by atoms with Gasteiger partial charge in [-0.1, -0.05) is 13.3 Å². The van der Waals surface area contributed by atoms with Crippen LogP contribution in [0.1, 0.15) is 44.7 Å². The van der Waals surface area contributed by atoms with Gasteiger partial charge >= 0.3 is 0 Å². The van der Waals surface area contributed by atoms with E-state index in [0.717, 1.165) is 18.5 Å². The molecule has 3 nitrogen and oxygen atoms in total. The molecule has 96 valence electrons. The molecule has 0 aliphatic heterocycles. The maximum atomic E-state index is 4.36.